The predicted molar refractivity (Wildman–Crippen MR) is 64.1 cm³/mol. The minimum absolute atomic E-state index is 0.217. The van der Waals surface area contributed by atoms with Crippen molar-refractivity contribution in [1.29, 1.82) is 0 Å². The molecule has 18 heavy (non-hydrogen) atoms. The number of methoxy groups -OCH3 is 2. The molecule has 6 nitrogen and oxygen atoms in total. The summed E-state index contributed by atoms with van der Waals surface area (Å²) < 4.78 is 9.35. The summed E-state index contributed by atoms with van der Waals surface area (Å²) in [5.41, 5.74) is 0.954. The second kappa shape index (κ2) is 6.13. The highest BCUT2D eigenvalue weighted by atomic mass is 16.6. The third-order valence-electron chi connectivity index (χ3n) is 2.21. The molecule has 0 spiro atoms. The fraction of sp³-hybridized carbons (Fsp3) is 0.333. The highest BCUT2D eigenvalue weighted by molar-refractivity contribution is 5.94. The van der Waals surface area contributed by atoms with E-state index in [1.807, 2.05) is 0 Å². The van der Waals surface area contributed by atoms with Crippen molar-refractivity contribution in [3.05, 3.63) is 29.3 Å². The summed E-state index contributed by atoms with van der Waals surface area (Å²) in [6.45, 7) is 1.34. The maximum Gasteiger partial charge on any atom is 0.337 e. The number of aliphatic hydroxyl groups is 1. The molecule has 1 aromatic rings. The Morgan fingerprint density at radius 3 is 2.44 bits per heavy atom. The highest BCUT2D eigenvalue weighted by Crippen LogP contribution is 2.21. The summed E-state index contributed by atoms with van der Waals surface area (Å²) in [6.07, 6.45) is -1.18. The molecule has 0 fully saturated rings. The summed E-state index contributed by atoms with van der Waals surface area (Å²) in [7, 11) is 2.58. The van der Waals surface area contributed by atoms with Gasteiger partial charge in [-0.3, -0.25) is 4.79 Å². The zero-order valence-electron chi connectivity index (χ0n) is 10.4. The second-order valence-corrected chi connectivity index (χ2v) is 3.60. The zero-order valence-corrected chi connectivity index (χ0v) is 10.4. The van der Waals surface area contributed by atoms with Crippen LogP contribution in [0.3, 0.4) is 0 Å². The first kappa shape index (κ1) is 14.1. The number of nitrogens with one attached hydrogen (secondary N) is 1. The third kappa shape index (κ3) is 3.54. The van der Waals surface area contributed by atoms with Crippen molar-refractivity contribution in [2.24, 2.45) is 0 Å². The summed E-state index contributed by atoms with van der Waals surface area (Å²) in [4.78, 5) is 22.5. The molecule has 0 saturated carbocycles. The molecule has 0 radical (unpaired) electrons. The number of carbonyl (C=O) groups excluding carboxylic acids is 2. The SMILES string of the molecule is COC(=O)c1cc(NC(C)=O)cc(C(O)OC)c1. The van der Waals surface area contributed by atoms with Gasteiger partial charge in [-0.2, -0.15) is 0 Å². The number of carbonyl (C=O) groups is 2. The number of ether oxygens (including phenoxy) is 2. The standard InChI is InChI=1S/C12H15NO5/c1-7(14)13-10-5-8(11(15)17-2)4-9(6-10)12(16)18-3/h4-6,11,15H,1-3H3,(H,13,14). The van der Waals surface area contributed by atoms with Gasteiger partial charge in [-0.25, -0.2) is 4.79 Å². The lowest BCUT2D eigenvalue weighted by Crippen LogP contribution is -2.10. The van der Waals surface area contributed by atoms with Crippen LogP contribution in [-0.4, -0.2) is 31.2 Å². The summed E-state index contributed by atoms with van der Waals surface area (Å²) in [6, 6.07) is 4.41. The molecule has 0 heterocycles. The largest absolute Gasteiger partial charge is 0.465 e. The van der Waals surface area contributed by atoms with Gasteiger partial charge in [-0.15, -0.1) is 0 Å². The van der Waals surface area contributed by atoms with Crippen LogP contribution in [0.25, 0.3) is 0 Å². The molecular weight excluding hydrogens is 238 g/mol. The van der Waals surface area contributed by atoms with E-state index in [0.29, 0.717) is 11.3 Å². The molecule has 1 atom stereocenters. The molecule has 6 heteroatoms. The Balaban J connectivity index is 3.19. The van der Waals surface area contributed by atoms with E-state index in [0.717, 1.165) is 0 Å². The van der Waals surface area contributed by atoms with Crippen LogP contribution in [0, 0.1) is 0 Å². The Bertz CT molecular complexity index is 458. The Labute approximate surface area is 105 Å². The molecule has 0 aliphatic rings. The third-order valence-corrected chi connectivity index (χ3v) is 2.21. The molecule has 1 unspecified atom stereocenters. The number of aliphatic hydroxyl groups excluding tert-OH is 1. The van der Waals surface area contributed by atoms with Gasteiger partial charge in [-0.1, -0.05) is 0 Å². The lowest BCUT2D eigenvalue weighted by atomic mass is 10.1. The van der Waals surface area contributed by atoms with Crippen molar-refractivity contribution in [2.75, 3.05) is 19.5 Å². The van der Waals surface area contributed by atoms with Crippen molar-refractivity contribution < 1.29 is 24.2 Å². The van der Waals surface area contributed by atoms with Crippen LogP contribution in [0.4, 0.5) is 5.69 Å². The summed E-state index contributed by atoms with van der Waals surface area (Å²) >= 11 is 0. The second-order valence-electron chi connectivity index (χ2n) is 3.60. The maximum atomic E-state index is 11.5. The van der Waals surface area contributed by atoms with Crippen LogP contribution in [0.1, 0.15) is 29.1 Å². The molecule has 0 aromatic heterocycles. The van der Waals surface area contributed by atoms with Crippen LogP contribution < -0.4 is 5.32 Å². The minimum atomic E-state index is -1.18. The van der Waals surface area contributed by atoms with Gasteiger partial charge in [0.15, 0.2) is 6.29 Å². The lowest BCUT2D eigenvalue weighted by molar-refractivity contribution is -0.114. The predicted octanol–water partition coefficient (Wildman–Crippen LogP) is 1.07. The van der Waals surface area contributed by atoms with E-state index < -0.39 is 12.3 Å². The first-order valence-electron chi connectivity index (χ1n) is 5.19. The lowest BCUT2D eigenvalue weighted by Gasteiger charge is -2.12. The van der Waals surface area contributed by atoms with Crippen molar-refractivity contribution in [3.8, 4) is 0 Å². The Hall–Kier alpha value is -1.92. The van der Waals surface area contributed by atoms with Gasteiger partial charge in [0.25, 0.3) is 0 Å². The zero-order chi connectivity index (χ0) is 13.7. The van der Waals surface area contributed by atoms with Gasteiger partial charge in [0.05, 0.1) is 12.7 Å². The molecule has 2 N–H and O–H groups in total. The summed E-state index contributed by atoms with van der Waals surface area (Å²) in [5.74, 6) is -0.846. The number of hydrogen-bond acceptors (Lipinski definition) is 5. The Morgan fingerprint density at radius 2 is 1.94 bits per heavy atom. The van der Waals surface area contributed by atoms with Gasteiger partial charge in [0, 0.05) is 25.3 Å². The number of amides is 1. The van der Waals surface area contributed by atoms with Gasteiger partial charge in [-0.05, 0) is 18.2 Å². The highest BCUT2D eigenvalue weighted by Gasteiger charge is 2.13. The van der Waals surface area contributed by atoms with Crippen molar-refractivity contribution in [3.63, 3.8) is 0 Å². The van der Waals surface area contributed by atoms with E-state index in [1.54, 1.807) is 0 Å². The minimum Gasteiger partial charge on any atom is -0.465 e. The number of rotatable bonds is 4. The molecule has 0 bridgehead atoms. The molecule has 0 saturated heterocycles. The number of hydrogen-bond donors (Lipinski definition) is 2. The number of esters is 1. The maximum absolute atomic E-state index is 11.5. The van der Waals surface area contributed by atoms with Gasteiger partial charge in [0.2, 0.25) is 5.91 Å². The van der Waals surface area contributed by atoms with E-state index in [-0.39, 0.29) is 11.5 Å². The average Bonchev–Trinajstić information content (AvgIpc) is 2.35. The summed E-state index contributed by atoms with van der Waals surface area (Å²) in [5, 5.41) is 12.1. The van der Waals surface area contributed by atoms with Crippen LogP contribution >= 0.6 is 0 Å². The molecule has 1 rings (SSSR count). The molecule has 0 aliphatic heterocycles. The van der Waals surface area contributed by atoms with Crippen LogP contribution in [0.2, 0.25) is 0 Å². The average molecular weight is 253 g/mol. The first-order valence-corrected chi connectivity index (χ1v) is 5.19. The van der Waals surface area contributed by atoms with E-state index in [9.17, 15) is 14.7 Å². The van der Waals surface area contributed by atoms with E-state index in [4.69, 9.17) is 4.74 Å². The Kier molecular flexibility index (Phi) is 4.82. The quantitative estimate of drug-likeness (QED) is 0.619. The van der Waals surface area contributed by atoms with Crippen molar-refractivity contribution >= 4 is 17.6 Å². The fourth-order valence-corrected chi connectivity index (χ4v) is 1.44. The molecule has 0 aliphatic carbocycles. The van der Waals surface area contributed by atoms with Gasteiger partial charge in [0.1, 0.15) is 0 Å². The normalized spacial score (nSPS) is 11.8. The first-order chi connectivity index (χ1) is 8.47. The van der Waals surface area contributed by atoms with Gasteiger partial charge < -0.3 is 19.9 Å². The number of anilines is 1. The molecular formula is C12H15NO5. The van der Waals surface area contributed by atoms with Crippen LogP contribution in [0.5, 0.6) is 0 Å². The molecule has 98 valence electrons. The van der Waals surface area contributed by atoms with Crippen molar-refractivity contribution in [1.82, 2.24) is 0 Å². The van der Waals surface area contributed by atoms with Gasteiger partial charge >= 0.3 is 5.97 Å². The van der Waals surface area contributed by atoms with E-state index in [2.05, 4.69) is 10.1 Å². The van der Waals surface area contributed by atoms with E-state index >= 15 is 0 Å². The Morgan fingerprint density at radius 1 is 1.28 bits per heavy atom. The topological polar surface area (TPSA) is 84.9 Å². The van der Waals surface area contributed by atoms with Crippen LogP contribution in [0.15, 0.2) is 18.2 Å². The van der Waals surface area contributed by atoms with Crippen molar-refractivity contribution in [2.45, 2.75) is 13.2 Å². The fourth-order valence-electron chi connectivity index (χ4n) is 1.44. The van der Waals surface area contributed by atoms with Crippen LogP contribution in [-0.2, 0) is 14.3 Å². The monoisotopic (exact) mass is 253 g/mol. The molecule has 1 aromatic carbocycles. The smallest absolute Gasteiger partial charge is 0.337 e. The van der Waals surface area contributed by atoms with E-state index in [1.165, 1.54) is 39.3 Å². The molecule has 1 amide bonds. The number of benzene rings is 1.